The standard InChI is InChI=1S/C21H30N8/c1-6-22-21(26-15(2)12-19-16(3)27-28(5)17(19)4)24-14-18-8-10-23-20(13-18)29-11-7-9-25-29/h7-11,13,15H,6,12,14H2,1-5H3,(H2,22,24,26). The van der Waals surface area contributed by atoms with Crippen molar-refractivity contribution in [1.29, 1.82) is 0 Å². The Morgan fingerprint density at radius 2 is 2.10 bits per heavy atom. The van der Waals surface area contributed by atoms with Crippen LogP contribution in [0, 0.1) is 13.8 Å². The van der Waals surface area contributed by atoms with Crippen LogP contribution in [0.15, 0.2) is 41.8 Å². The molecule has 2 N–H and O–H groups in total. The minimum absolute atomic E-state index is 0.228. The third-order valence-electron chi connectivity index (χ3n) is 4.87. The number of nitrogens with one attached hydrogen (secondary N) is 2. The number of hydrogen-bond acceptors (Lipinski definition) is 4. The number of aliphatic imine (C=N–C) groups is 1. The van der Waals surface area contributed by atoms with E-state index in [1.807, 2.05) is 36.1 Å². The van der Waals surface area contributed by atoms with E-state index in [-0.39, 0.29) is 6.04 Å². The van der Waals surface area contributed by atoms with Gasteiger partial charge in [-0.25, -0.2) is 14.7 Å². The molecular weight excluding hydrogens is 364 g/mol. The van der Waals surface area contributed by atoms with Gasteiger partial charge in [0.05, 0.1) is 12.2 Å². The SMILES string of the molecule is CCNC(=NCc1ccnc(-n2cccn2)c1)NC(C)Cc1c(C)nn(C)c1C. The van der Waals surface area contributed by atoms with Crippen molar-refractivity contribution in [2.24, 2.45) is 12.0 Å². The van der Waals surface area contributed by atoms with Crippen LogP contribution >= 0.6 is 0 Å². The average molecular weight is 395 g/mol. The molecule has 1 atom stereocenters. The van der Waals surface area contributed by atoms with Gasteiger partial charge in [0.25, 0.3) is 0 Å². The van der Waals surface area contributed by atoms with E-state index in [4.69, 9.17) is 4.99 Å². The van der Waals surface area contributed by atoms with E-state index in [0.717, 1.165) is 36.0 Å². The predicted octanol–water partition coefficient (Wildman–Crippen LogP) is 2.30. The summed E-state index contributed by atoms with van der Waals surface area (Å²) in [5.41, 5.74) is 4.67. The van der Waals surface area contributed by atoms with Gasteiger partial charge < -0.3 is 10.6 Å². The second-order valence-electron chi connectivity index (χ2n) is 7.19. The maximum Gasteiger partial charge on any atom is 0.191 e. The van der Waals surface area contributed by atoms with E-state index in [0.29, 0.717) is 6.54 Å². The highest BCUT2D eigenvalue weighted by Crippen LogP contribution is 2.14. The van der Waals surface area contributed by atoms with E-state index in [2.05, 4.69) is 53.5 Å². The smallest absolute Gasteiger partial charge is 0.191 e. The minimum atomic E-state index is 0.228. The zero-order valence-corrected chi connectivity index (χ0v) is 17.8. The number of pyridine rings is 1. The summed E-state index contributed by atoms with van der Waals surface area (Å²) in [5, 5.41) is 15.6. The molecule has 0 aliphatic rings. The second-order valence-corrected chi connectivity index (χ2v) is 7.19. The molecule has 0 aromatic carbocycles. The summed E-state index contributed by atoms with van der Waals surface area (Å²) in [7, 11) is 1.99. The van der Waals surface area contributed by atoms with Gasteiger partial charge in [-0.15, -0.1) is 0 Å². The van der Waals surface area contributed by atoms with Crippen molar-refractivity contribution < 1.29 is 0 Å². The maximum absolute atomic E-state index is 4.75. The molecule has 3 aromatic rings. The molecule has 3 rings (SSSR count). The Morgan fingerprint density at radius 3 is 2.76 bits per heavy atom. The number of nitrogens with zero attached hydrogens (tertiary/aromatic N) is 6. The topological polar surface area (TPSA) is 84.9 Å². The van der Waals surface area contributed by atoms with Crippen LogP contribution in [0.4, 0.5) is 0 Å². The molecule has 0 aliphatic carbocycles. The Kier molecular flexibility index (Phi) is 6.64. The lowest BCUT2D eigenvalue weighted by Gasteiger charge is -2.18. The van der Waals surface area contributed by atoms with Crippen molar-refractivity contribution in [2.75, 3.05) is 6.54 Å². The Morgan fingerprint density at radius 1 is 1.28 bits per heavy atom. The Hall–Kier alpha value is -3.16. The Bertz CT molecular complexity index is 955. The van der Waals surface area contributed by atoms with Crippen molar-refractivity contribution in [3.63, 3.8) is 0 Å². The summed E-state index contributed by atoms with van der Waals surface area (Å²) in [6.07, 6.45) is 6.31. The Balaban J connectivity index is 1.67. The van der Waals surface area contributed by atoms with Crippen LogP contribution in [0.25, 0.3) is 5.82 Å². The first kappa shape index (κ1) is 20.6. The quantitative estimate of drug-likeness (QED) is 0.474. The molecule has 3 aromatic heterocycles. The van der Waals surface area contributed by atoms with Gasteiger partial charge in [0.2, 0.25) is 0 Å². The van der Waals surface area contributed by atoms with Gasteiger partial charge in [-0.05, 0) is 63.4 Å². The molecule has 0 radical (unpaired) electrons. The second kappa shape index (κ2) is 9.36. The van der Waals surface area contributed by atoms with Gasteiger partial charge >= 0.3 is 0 Å². The van der Waals surface area contributed by atoms with Crippen LogP contribution in [-0.4, -0.2) is 43.1 Å². The zero-order chi connectivity index (χ0) is 20.8. The molecule has 0 fully saturated rings. The highest BCUT2D eigenvalue weighted by Gasteiger charge is 2.14. The monoisotopic (exact) mass is 394 g/mol. The van der Waals surface area contributed by atoms with Crippen molar-refractivity contribution in [3.05, 3.63) is 59.3 Å². The zero-order valence-electron chi connectivity index (χ0n) is 17.8. The number of aromatic nitrogens is 5. The van der Waals surface area contributed by atoms with Crippen LogP contribution in [0.2, 0.25) is 0 Å². The molecule has 0 saturated heterocycles. The lowest BCUT2D eigenvalue weighted by Crippen LogP contribution is -2.43. The van der Waals surface area contributed by atoms with Crippen LogP contribution in [-0.2, 0) is 20.0 Å². The number of aryl methyl sites for hydroxylation is 2. The van der Waals surface area contributed by atoms with Crippen LogP contribution in [0.1, 0.15) is 36.4 Å². The number of rotatable bonds is 7. The first-order valence-corrected chi connectivity index (χ1v) is 9.96. The molecule has 0 saturated carbocycles. The minimum Gasteiger partial charge on any atom is -0.357 e. The van der Waals surface area contributed by atoms with E-state index < -0.39 is 0 Å². The fourth-order valence-electron chi connectivity index (χ4n) is 3.28. The fraction of sp³-hybridized carbons (Fsp3) is 0.429. The summed E-state index contributed by atoms with van der Waals surface area (Å²) in [6, 6.07) is 6.09. The first-order valence-electron chi connectivity index (χ1n) is 9.96. The third kappa shape index (κ3) is 5.22. The number of guanidine groups is 1. The van der Waals surface area contributed by atoms with Crippen LogP contribution < -0.4 is 10.6 Å². The molecule has 154 valence electrons. The normalized spacial score (nSPS) is 12.8. The molecule has 1 unspecified atom stereocenters. The third-order valence-corrected chi connectivity index (χ3v) is 4.87. The summed E-state index contributed by atoms with van der Waals surface area (Å²) in [6.45, 7) is 9.78. The van der Waals surface area contributed by atoms with E-state index in [1.54, 1.807) is 17.1 Å². The molecule has 0 amide bonds. The van der Waals surface area contributed by atoms with Crippen molar-refractivity contribution >= 4 is 5.96 Å². The van der Waals surface area contributed by atoms with E-state index in [1.165, 1.54) is 11.3 Å². The van der Waals surface area contributed by atoms with Gasteiger partial charge in [0, 0.05) is 43.9 Å². The van der Waals surface area contributed by atoms with Gasteiger partial charge in [-0.3, -0.25) is 4.68 Å². The van der Waals surface area contributed by atoms with Gasteiger partial charge in [0.1, 0.15) is 0 Å². The predicted molar refractivity (Wildman–Crippen MR) is 115 cm³/mol. The lowest BCUT2D eigenvalue weighted by atomic mass is 10.1. The molecule has 8 heteroatoms. The average Bonchev–Trinajstić information content (AvgIpc) is 3.32. The Labute approximate surface area is 172 Å². The van der Waals surface area contributed by atoms with Crippen LogP contribution in [0.3, 0.4) is 0 Å². The van der Waals surface area contributed by atoms with E-state index >= 15 is 0 Å². The van der Waals surface area contributed by atoms with E-state index in [9.17, 15) is 0 Å². The van der Waals surface area contributed by atoms with Crippen LogP contribution in [0.5, 0.6) is 0 Å². The molecule has 3 heterocycles. The highest BCUT2D eigenvalue weighted by molar-refractivity contribution is 5.80. The molecule has 8 nitrogen and oxygen atoms in total. The van der Waals surface area contributed by atoms with Crippen molar-refractivity contribution in [3.8, 4) is 5.82 Å². The summed E-state index contributed by atoms with van der Waals surface area (Å²) in [5.74, 6) is 1.59. The summed E-state index contributed by atoms with van der Waals surface area (Å²) in [4.78, 5) is 9.13. The van der Waals surface area contributed by atoms with Crippen molar-refractivity contribution in [2.45, 2.75) is 46.7 Å². The molecular formula is C21H30N8. The molecule has 0 bridgehead atoms. The van der Waals surface area contributed by atoms with Gasteiger partial charge in [0.15, 0.2) is 11.8 Å². The first-order chi connectivity index (χ1) is 14.0. The van der Waals surface area contributed by atoms with Crippen molar-refractivity contribution in [1.82, 2.24) is 35.2 Å². The fourth-order valence-corrected chi connectivity index (χ4v) is 3.28. The van der Waals surface area contributed by atoms with Gasteiger partial charge in [-0.2, -0.15) is 10.2 Å². The maximum atomic E-state index is 4.75. The summed E-state index contributed by atoms with van der Waals surface area (Å²) < 4.78 is 3.69. The molecule has 0 spiro atoms. The summed E-state index contributed by atoms with van der Waals surface area (Å²) >= 11 is 0. The van der Waals surface area contributed by atoms with Gasteiger partial charge in [-0.1, -0.05) is 0 Å². The molecule has 29 heavy (non-hydrogen) atoms. The lowest BCUT2D eigenvalue weighted by molar-refractivity contribution is 0.635. The largest absolute Gasteiger partial charge is 0.357 e. The highest BCUT2D eigenvalue weighted by atomic mass is 15.3. The number of hydrogen-bond donors (Lipinski definition) is 2. The molecule has 0 aliphatic heterocycles.